The first kappa shape index (κ1) is 18.1. The molecule has 1 aliphatic heterocycles. The number of halogens is 1. The molecule has 1 saturated heterocycles. The molecule has 1 fully saturated rings. The summed E-state index contributed by atoms with van der Waals surface area (Å²) in [5.74, 6) is 0.227. The molecule has 0 aromatic heterocycles. The zero-order valence-corrected chi connectivity index (χ0v) is 15.4. The summed E-state index contributed by atoms with van der Waals surface area (Å²) in [6, 6.07) is 7.66. The van der Waals surface area contributed by atoms with E-state index in [1.54, 1.807) is 23.7 Å². The lowest BCUT2D eigenvalue weighted by Crippen LogP contribution is -2.39. The van der Waals surface area contributed by atoms with Crippen LogP contribution in [0.1, 0.15) is 37.6 Å². The topological polar surface area (TPSA) is 40.6 Å². The molecule has 2 amide bonds. The third-order valence-electron chi connectivity index (χ3n) is 4.08. The van der Waals surface area contributed by atoms with E-state index in [2.05, 4.69) is 0 Å². The van der Waals surface area contributed by atoms with E-state index in [4.69, 9.17) is 11.6 Å². The van der Waals surface area contributed by atoms with Crippen molar-refractivity contribution < 1.29 is 9.59 Å². The zero-order valence-electron chi connectivity index (χ0n) is 13.8. The number of hydrogen-bond donors (Lipinski definition) is 0. The summed E-state index contributed by atoms with van der Waals surface area (Å²) in [4.78, 5) is 27.9. The van der Waals surface area contributed by atoms with E-state index in [0.717, 1.165) is 12.0 Å². The van der Waals surface area contributed by atoms with Crippen molar-refractivity contribution in [1.29, 1.82) is 0 Å². The number of thioether (sulfide) groups is 1. The maximum Gasteiger partial charge on any atom is 0.237 e. The van der Waals surface area contributed by atoms with Crippen LogP contribution in [0.15, 0.2) is 24.3 Å². The van der Waals surface area contributed by atoms with Crippen molar-refractivity contribution in [3.63, 3.8) is 0 Å². The molecular weight excluding hydrogens is 332 g/mol. The Bertz CT molecular complexity index is 581. The number of carbonyl (C=O) groups excluding carboxylic acids is 2. The number of benzene rings is 1. The molecule has 2 unspecified atom stereocenters. The van der Waals surface area contributed by atoms with Gasteiger partial charge in [-0.2, -0.15) is 0 Å². The fraction of sp³-hybridized carbons (Fsp3) is 0.529. The third-order valence-corrected chi connectivity index (χ3v) is 6.06. The Balaban J connectivity index is 2.17. The molecular formula is C17H23ClN2O2S. The highest BCUT2D eigenvalue weighted by Gasteiger charge is 2.40. The number of hydrogen-bond acceptors (Lipinski definition) is 3. The number of carbonyl (C=O) groups is 2. The van der Waals surface area contributed by atoms with Crippen LogP contribution in [0.2, 0.25) is 5.02 Å². The molecule has 0 bridgehead atoms. The highest BCUT2D eigenvalue weighted by atomic mass is 35.5. The Kier molecular flexibility index (Phi) is 6.36. The van der Waals surface area contributed by atoms with Crippen LogP contribution >= 0.6 is 23.4 Å². The van der Waals surface area contributed by atoms with Crippen LogP contribution in [0.5, 0.6) is 0 Å². The molecule has 0 saturated carbocycles. The van der Waals surface area contributed by atoms with Gasteiger partial charge in [-0.3, -0.25) is 9.59 Å². The van der Waals surface area contributed by atoms with E-state index in [9.17, 15) is 9.59 Å². The Morgan fingerprint density at radius 1 is 1.35 bits per heavy atom. The number of nitrogens with zero attached hydrogens (tertiary/aromatic N) is 2. The van der Waals surface area contributed by atoms with Crippen LogP contribution in [-0.2, 0) is 9.59 Å². The molecule has 0 N–H and O–H groups in total. The fourth-order valence-electron chi connectivity index (χ4n) is 2.65. The van der Waals surface area contributed by atoms with Gasteiger partial charge in [0.05, 0.1) is 5.25 Å². The van der Waals surface area contributed by atoms with Gasteiger partial charge in [0.25, 0.3) is 0 Å². The van der Waals surface area contributed by atoms with E-state index in [-0.39, 0.29) is 22.4 Å². The van der Waals surface area contributed by atoms with Crippen LogP contribution in [0.25, 0.3) is 0 Å². The molecule has 23 heavy (non-hydrogen) atoms. The summed E-state index contributed by atoms with van der Waals surface area (Å²) < 4.78 is 0. The van der Waals surface area contributed by atoms with Gasteiger partial charge in [-0.25, -0.2) is 0 Å². The zero-order chi connectivity index (χ0) is 17.0. The van der Waals surface area contributed by atoms with Gasteiger partial charge >= 0.3 is 0 Å². The maximum absolute atomic E-state index is 12.6. The monoisotopic (exact) mass is 354 g/mol. The van der Waals surface area contributed by atoms with E-state index in [1.807, 2.05) is 43.0 Å². The average molecular weight is 355 g/mol. The molecule has 2 rings (SSSR count). The van der Waals surface area contributed by atoms with Gasteiger partial charge in [-0.15, -0.1) is 11.8 Å². The van der Waals surface area contributed by atoms with Crippen LogP contribution < -0.4 is 0 Å². The second-order valence-corrected chi connectivity index (χ2v) is 7.30. The van der Waals surface area contributed by atoms with E-state index < -0.39 is 0 Å². The number of rotatable bonds is 6. The first-order chi connectivity index (χ1) is 11.0. The summed E-state index contributed by atoms with van der Waals surface area (Å²) in [5, 5.41) is 0.562. The van der Waals surface area contributed by atoms with Gasteiger partial charge in [0.15, 0.2) is 0 Å². The summed E-state index contributed by atoms with van der Waals surface area (Å²) in [6.45, 7) is 4.93. The van der Waals surface area contributed by atoms with Gasteiger partial charge in [-0.1, -0.05) is 43.6 Å². The van der Waals surface area contributed by atoms with Gasteiger partial charge in [-0.05, 0) is 12.5 Å². The molecule has 0 aliphatic carbocycles. The molecule has 126 valence electrons. The number of likely N-dealkylation sites (N-methyl/N-ethyl adjacent to an activating group) is 1. The minimum Gasteiger partial charge on any atom is -0.344 e. The lowest BCUT2D eigenvalue weighted by Gasteiger charge is -2.27. The molecule has 6 heteroatoms. The molecule has 0 spiro atoms. The first-order valence-corrected chi connectivity index (χ1v) is 9.26. The van der Waals surface area contributed by atoms with E-state index in [1.165, 1.54) is 0 Å². The highest BCUT2D eigenvalue weighted by molar-refractivity contribution is 8.01. The molecule has 0 radical (unpaired) electrons. The SMILES string of the molecule is CCC(=O)N(C)CCN1C(=O)C(CC)SC1c1ccccc1Cl. The minimum absolute atomic E-state index is 0.0385. The predicted molar refractivity (Wildman–Crippen MR) is 95.5 cm³/mol. The molecule has 1 heterocycles. The Labute approximate surface area is 147 Å². The largest absolute Gasteiger partial charge is 0.344 e. The van der Waals surface area contributed by atoms with Crippen molar-refractivity contribution in [3.05, 3.63) is 34.9 Å². The Morgan fingerprint density at radius 2 is 2.04 bits per heavy atom. The van der Waals surface area contributed by atoms with Crippen molar-refractivity contribution in [1.82, 2.24) is 9.80 Å². The summed E-state index contributed by atoms with van der Waals surface area (Å²) in [7, 11) is 1.78. The summed E-state index contributed by atoms with van der Waals surface area (Å²) in [5.41, 5.74) is 0.966. The van der Waals surface area contributed by atoms with Crippen molar-refractivity contribution in [2.45, 2.75) is 37.3 Å². The smallest absolute Gasteiger partial charge is 0.237 e. The Hall–Kier alpha value is -1.20. The number of amides is 2. The second kappa shape index (κ2) is 8.06. The van der Waals surface area contributed by atoms with Crippen LogP contribution in [0, 0.1) is 0 Å². The first-order valence-electron chi connectivity index (χ1n) is 7.93. The van der Waals surface area contributed by atoms with E-state index >= 15 is 0 Å². The van der Waals surface area contributed by atoms with E-state index in [0.29, 0.717) is 24.5 Å². The normalized spacial score (nSPS) is 20.9. The fourth-order valence-corrected chi connectivity index (χ4v) is 4.42. The quantitative estimate of drug-likeness (QED) is 0.784. The lowest BCUT2D eigenvalue weighted by atomic mass is 10.2. The summed E-state index contributed by atoms with van der Waals surface area (Å²) >= 11 is 7.98. The molecule has 1 aromatic rings. The van der Waals surface area contributed by atoms with Crippen molar-refractivity contribution >= 4 is 35.2 Å². The second-order valence-electron chi connectivity index (χ2n) is 5.61. The third kappa shape index (κ3) is 4.01. The van der Waals surface area contributed by atoms with Gasteiger partial charge in [0, 0.05) is 37.1 Å². The van der Waals surface area contributed by atoms with Gasteiger partial charge < -0.3 is 9.80 Å². The van der Waals surface area contributed by atoms with Crippen molar-refractivity contribution in [2.24, 2.45) is 0 Å². The Morgan fingerprint density at radius 3 is 2.65 bits per heavy atom. The molecule has 1 aromatic carbocycles. The van der Waals surface area contributed by atoms with Crippen LogP contribution in [0.3, 0.4) is 0 Å². The highest BCUT2D eigenvalue weighted by Crippen LogP contribution is 2.45. The molecule has 4 nitrogen and oxygen atoms in total. The van der Waals surface area contributed by atoms with Crippen LogP contribution in [0.4, 0.5) is 0 Å². The average Bonchev–Trinajstić information content (AvgIpc) is 2.88. The van der Waals surface area contributed by atoms with Crippen LogP contribution in [-0.4, -0.2) is 47.0 Å². The molecule has 2 atom stereocenters. The standard InChI is InChI=1S/C17H23ClN2O2S/c1-4-14-16(22)20(11-10-19(3)15(21)5-2)17(23-14)12-8-6-7-9-13(12)18/h6-9,14,17H,4-5,10-11H2,1-3H3. The van der Waals surface area contributed by atoms with Crippen molar-refractivity contribution in [2.75, 3.05) is 20.1 Å². The maximum atomic E-state index is 12.6. The van der Waals surface area contributed by atoms with Gasteiger partial charge in [0.2, 0.25) is 11.8 Å². The summed E-state index contributed by atoms with van der Waals surface area (Å²) in [6.07, 6.45) is 1.27. The van der Waals surface area contributed by atoms with Crippen molar-refractivity contribution in [3.8, 4) is 0 Å². The lowest BCUT2D eigenvalue weighted by molar-refractivity contribution is -0.133. The minimum atomic E-state index is -0.0775. The molecule has 1 aliphatic rings. The predicted octanol–water partition coefficient (Wildman–Crippen LogP) is 3.56. The van der Waals surface area contributed by atoms with Gasteiger partial charge in [0.1, 0.15) is 5.37 Å².